The number of hydrogen-bond acceptors (Lipinski definition) is 7. The minimum Gasteiger partial charge on any atom is -0.444 e. The molecule has 0 saturated carbocycles. The highest BCUT2D eigenvalue weighted by Crippen LogP contribution is 2.53. The fraction of sp³-hybridized carbons (Fsp3) is 0.125. The number of ether oxygens (including phenoxy) is 1. The van der Waals surface area contributed by atoms with Crippen LogP contribution in [0.2, 0.25) is 5.02 Å². The third-order valence-corrected chi connectivity index (χ3v) is 10.6. The summed E-state index contributed by atoms with van der Waals surface area (Å²) in [6.07, 6.45) is 3.49. The van der Waals surface area contributed by atoms with Gasteiger partial charge in [0.1, 0.15) is 5.75 Å². The third kappa shape index (κ3) is 5.28. The first-order chi connectivity index (χ1) is 24.0. The van der Waals surface area contributed by atoms with E-state index in [1.54, 1.807) is 0 Å². The zero-order chi connectivity index (χ0) is 33.0. The number of rotatable bonds is 5. The van der Waals surface area contributed by atoms with Crippen LogP contribution >= 0.6 is 23.4 Å². The summed E-state index contributed by atoms with van der Waals surface area (Å²) in [5, 5.41) is 17.9. The number of carbonyl (C=O) groups excluding carboxylic acids is 1. The zero-order valence-electron chi connectivity index (χ0n) is 26.2. The Balaban J connectivity index is 1.08. The lowest BCUT2D eigenvalue weighted by atomic mass is 9.95. The number of carbonyl (C=O) groups is 1. The molecular weight excluding hydrogens is 650 g/mol. The monoisotopic (exact) mass is 679 g/mol. The van der Waals surface area contributed by atoms with Gasteiger partial charge in [-0.1, -0.05) is 115 Å². The lowest BCUT2D eigenvalue weighted by Gasteiger charge is -2.45. The zero-order valence-corrected chi connectivity index (χ0v) is 27.8. The number of fused-ring (bicyclic) bond motifs is 4. The van der Waals surface area contributed by atoms with E-state index in [0.717, 1.165) is 68.2 Å². The lowest BCUT2D eigenvalue weighted by Crippen LogP contribution is -2.61. The molecule has 0 bridgehead atoms. The highest BCUT2D eigenvalue weighted by molar-refractivity contribution is 8.17. The Labute approximate surface area is 293 Å². The summed E-state index contributed by atoms with van der Waals surface area (Å²) in [5.74, 6) is -0.552. The van der Waals surface area contributed by atoms with Gasteiger partial charge in [0.15, 0.2) is 0 Å². The number of nitrogens with zero attached hydrogens (tertiary/aromatic N) is 4. The number of nitrogens with one attached hydrogen (secondary N) is 1. The highest BCUT2D eigenvalue weighted by Gasteiger charge is 2.58. The molecule has 49 heavy (non-hydrogen) atoms. The molecule has 3 atom stereocenters. The SMILES string of the molecule is O=C1NC2(Oc3ccccc3C3CC(c4ccc(Cl)cc4)=NN32)C(=Cc2ccc(N3N=C(c4ccccc4)CC3c3ccccc3)cc2)S1. The number of anilines is 1. The molecule has 4 aliphatic heterocycles. The standard InChI is InChI=1S/C40H30ClN5O2S/c41-30-19-17-28(18-20-30)34-25-36-32-13-7-8-14-37(32)48-40(46(36)44-34)38(49-39(47)42-40)23-26-15-21-31(22-16-26)45-35(29-11-5-2-6-12-29)24-33(43-45)27-9-3-1-4-10-27/h1-23,35-36H,24-25H2,(H,42,47). The summed E-state index contributed by atoms with van der Waals surface area (Å²) < 4.78 is 6.73. The summed E-state index contributed by atoms with van der Waals surface area (Å²) in [7, 11) is 0. The average molecular weight is 680 g/mol. The van der Waals surface area contributed by atoms with Crippen LogP contribution < -0.4 is 15.1 Å². The van der Waals surface area contributed by atoms with Crippen LogP contribution in [-0.2, 0) is 0 Å². The predicted molar refractivity (Wildman–Crippen MR) is 197 cm³/mol. The summed E-state index contributed by atoms with van der Waals surface area (Å²) in [6.45, 7) is 0. The molecule has 4 heterocycles. The van der Waals surface area contributed by atoms with Gasteiger partial charge in [-0.05, 0) is 70.4 Å². The van der Waals surface area contributed by atoms with Crippen molar-refractivity contribution in [2.24, 2.45) is 10.2 Å². The smallest absolute Gasteiger partial charge is 0.314 e. The van der Waals surface area contributed by atoms with Gasteiger partial charge >= 0.3 is 5.85 Å². The molecule has 0 aliphatic carbocycles. The van der Waals surface area contributed by atoms with Crippen molar-refractivity contribution in [2.75, 3.05) is 5.01 Å². The fourth-order valence-corrected chi connectivity index (χ4v) is 8.08. The van der Waals surface area contributed by atoms with E-state index in [-0.39, 0.29) is 17.3 Å². The number of amides is 1. The average Bonchev–Trinajstić information content (AvgIpc) is 3.87. The van der Waals surface area contributed by atoms with Crippen LogP contribution in [0.25, 0.3) is 6.08 Å². The van der Waals surface area contributed by atoms with Crippen LogP contribution in [-0.4, -0.2) is 27.5 Å². The topological polar surface area (TPSA) is 69.5 Å². The van der Waals surface area contributed by atoms with Crippen molar-refractivity contribution in [1.29, 1.82) is 0 Å². The van der Waals surface area contributed by atoms with E-state index in [2.05, 4.69) is 89.2 Å². The Hall–Kier alpha value is -5.31. The molecule has 9 rings (SSSR count). The van der Waals surface area contributed by atoms with Crippen molar-refractivity contribution in [3.8, 4) is 5.75 Å². The van der Waals surface area contributed by atoms with Crippen LogP contribution in [0.1, 0.15) is 52.7 Å². The first-order valence-corrected chi connectivity index (χ1v) is 17.4. The van der Waals surface area contributed by atoms with Gasteiger partial charge in [0.05, 0.1) is 34.1 Å². The molecule has 1 fully saturated rings. The molecular formula is C40H30ClN5O2S. The highest BCUT2D eigenvalue weighted by atomic mass is 35.5. The third-order valence-electron chi connectivity index (χ3n) is 9.41. The van der Waals surface area contributed by atoms with Crippen molar-refractivity contribution in [2.45, 2.75) is 30.8 Å². The molecule has 5 aromatic rings. The van der Waals surface area contributed by atoms with Crippen molar-refractivity contribution < 1.29 is 9.53 Å². The van der Waals surface area contributed by atoms with Crippen molar-refractivity contribution in [3.05, 3.63) is 171 Å². The van der Waals surface area contributed by atoms with E-state index < -0.39 is 5.85 Å². The van der Waals surface area contributed by atoms with Gasteiger partial charge in [-0.15, -0.1) is 0 Å². The number of benzene rings is 5. The minimum atomic E-state index is -1.28. The van der Waals surface area contributed by atoms with Gasteiger partial charge in [-0.2, -0.15) is 10.2 Å². The second-order valence-corrected chi connectivity index (χ2v) is 13.9. The van der Waals surface area contributed by atoms with Gasteiger partial charge in [-0.3, -0.25) is 15.1 Å². The Morgan fingerprint density at radius 2 is 1.41 bits per heavy atom. The number of hydrogen-bond donors (Lipinski definition) is 1. The molecule has 5 aromatic carbocycles. The summed E-state index contributed by atoms with van der Waals surface area (Å²) in [6, 6.07) is 44.8. The van der Waals surface area contributed by atoms with Crippen LogP contribution in [0.15, 0.2) is 149 Å². The molecule has 7 nitrogen and oxygen atoms in total. The van der Waals surface area contributed by atoms with Gasteiger partial charge in [0, 0.05) is 23.4 Å². The number of halogens is 1. The molecule has 1 amide bonds. The Morgan fingerprint density at radius 3 is 2.18 bits per heavy atom. The van der Waals surface area contributed by atoms with Gasteiger partial charge in [0.2, 0.25) is 0 Å². The van der Waals surface area contributed by atoms with E-state index in [0.29, 0.717) is 11.4 Å². The van der Waals surface area contributed by atoms with Crippen LogP contribution in [0.3, 0.4) is 0 Å². The molecule has 9 heteroatoms. The maximum Gasteiger partial charge on any atom is 0.314 e. The fourth-order valence-electron chi connectivity index (χ4n) is 7.04. The summed E-state index contributed by atoms with van der Waals surface area (Å²) in [5.41, 5.74) is 8.25. The molecule has 1 N–H and O–H groups in total. The Kier molecular flexibility index (Phi) is 7.29. The molecule has 1 spiro atoms. The van der Waals surface area contributed by atoms with E-state index in [9.17, 15) is 4.79 Å². The van der Waals surface area contributed by atoms with Crippen molar-refractivity contribution in [3.63, 3.8) is 0 Å². The van der Waals surface area contributed by atoms with Gasteiger partial charge in [0.25, 0.3) is 5.24 Å². The van der Waals surface area contributed by atoms with Gasteiger partial charge < -0.3 is 4.74 Å². The Morgan fingerprint density at radius 1 is 0.755 bits per heavy atom. The van der Waals surface area contributed by atoms with Crippen LogP contribution in [0.4, 0.5) is 10.5 Å². The van der Waals surface area contributed by atoms with Crippen LogP contribution in [0.5, 0.6) is 5.75 Å². The molecule has 1 saturated heterocycles. The molecule has 240 valence electrons. The van der Waals surface area contributed by atoms with E-state index in [1.165, 1.54) is 5.56 Å². The van der Waals surface area contributed by atoms with Gasteiger partial charge in [-0.25, -0.2) is 5.01 Å². The number of hydrazone groups is 2. The van der Waals surface area contributed by atoms with E-state index >= 15 is 0 Å². The van der Waals surface area contributed by atoms with E-state index in [1.807, 2.05) is 65.7 Å². The second kappa shape index (κ2) is 12.0. The largest absolute Gasteiger partial charge is 0.444 e. The first kappa shape index (κ1) is 29.8. The van der Waals surface area contributed by atoms with Crippen molar-refractivity contribution in [1.82, 2.24) is 10.3 Å². The summed E-state index contributed by atoms with van der Waals surface area (Å²) in [4.78, 5) is 13.9. The predicted octanol–water partition coefficient (Wildman–Crippen LogP) is 9.39. The first-order valence-electron chi connectivity index (χ1n) is 16.2. The normalized spacial score (nSPS) is 23.2. The maximum atomic E-state index is 13.2. The minimum absolute atomic E-state index is 0.0755. The van der Waals surface area contributed by atoms with Crippen molar-refractivity contribution >= 4 is 51.8 Å². The number of para-hydroxylation sites is 1. The maximum absolute atomic E-state index is 13.2. The molecule has 3 unspecified atom stereocenters. The molecule has 4 aliphatic rings. The molecule has 0 aromatic heterocycles. The Bertz CT molecular complexity index is 2160. The number of thioether (sulfide) groups is 1. The lowest BCUT2D eigenvalue weighted by molar-refractivity contribution is -0.0949. The summed E-state index contributed by atoms with van der Waals surface area (Å²) >= 11 is 7.33. The van der Waals surface area contributed by atoms with Crippen LogP contribution in [0, 0.1) is 0 Å². The molecule has 0 radical (unpaired) electrons. The van der Waals surface area contributed by atoms with E-state index in [4.69, 9.17) is 26.5 Å². The second-order valence-electron chi connectivity index (χ2n) is 12.4. The quantitative estimate of drug-likeness (QED) is 0.200.